The van der Waals surface area contributed by atoms with E-state index in [2.05, 4.69) is 400 Å². The summed E-state index contributed by atoms with van der Waals surface area (Å²) in [6.07, 6.45) is 0. The summed E-state index contributed by atoms with van der Waals surface area (Å²) in [5.74, 6) is 0. The van der Waals surface area contributed by atoms with Gasteiger partial charge in [-0.3, -0.25) is 0 Å². The zero-order valence-electron chi connectivity index (χ0n) is 68.7. The summed E-state index contributed by atoms with van der Waals surface area (Å²) >= 11 is 0. The maximum absolute atomic E-state index is 5.27. The van der Waals surface area contributed by atoms with Crippen molar-refractivity contribution in [3.8, 4) is 134 Å². The van der Waals surface area contributed by atoms with E-state index in [0.717, 1.165) is 123 Å². The third-order valence-corrected chi connectivity index (χ3v) is 24.1. The van der Waals surface area contributed by atoms with E-state index < -0.39 is 0 Å². The molecule has 0 amide bonds. The highest BCUT2D eigenvalue weighted by molar-refractivity contribution is 6.26. The van der Waals surface area contributed by atoms with E-state index in [1.54, 1.807) is 0 Å². The smallest absolute Gasteiger partial charge is 0.0973 e. The molecule has 24 aromatic rings. The summed E-state index contributed by atoms with van der Waals surface area (Å²) in [6.45, 7) is 0. The number of fused-ring (bicyclic) bond motifs is 12. The van der Waals surface area contributed by atoms with Gasteiger partial charge in [-0.2, -0.15) is 0 Å². The van der Waals surface area contributed by atoms with Crippen LogP contribution in [-0.2, 0) is 0 Å². The quantitative estimate of drug-likeness (QED) is 0.113. The van der Waals surface area contributed by atoms with Crippen LogP contribution < -0.4 is 0 Å². The SMILES string of the molecule is c1ccc(-c2nc3ccc(-c4cc(-c5ccc6ccccc6c5)cc(-c5ccc6ccccc6c5)c4)cc3nc2-c2ccccc2)cc1.c1ccc(-c2nc3ccc(-c4ccc(-c5ccccc5)c5ccccc45)cc3nc2-c2ccccc2)cc1.c1ccc(-c2nc3ccc(-c4ccc5c6ccccc6c6ccccc6c5c4)cc3nc2-c2ccccc2)cc1. The number of nitrogens with zero attached hydrogens (tertiary/aromatic N) is 6. The Hall–Kier alpha value is -16.8. The van der Waals surface area contributed by atoms with Gasteiger partial charge in [-0.05, 0) is 204 Å². The molecule has 3 heterocycles. The fourth-order valence-electron chi connectivity index (χ4n) is 17.8. The molecule has 6 heteroatoms. The van der Waals surface area contributed by atoms with Crippen LogP contribution in [0.3, 0.4) is 0 Å². The first kappa shape index (κ1) is 75.4. The number of rotatable bonds is 12. The van der Waals surface area contributed by atoms with Crippen LogP contribution in [0.5, 0.6) is 0 Å². The molecular formula is C120H78N6. The van der Waals surface area contributed by atoms with Crippen molar-refractivity contribution in [1.29, 1.82) is 0 Å². The van der Waals surface area contributed by atoms with Gasteiger partial charge in [0.15, 0.2) is 0 Å². The number of hydrogen-bond acceptors (Lipinski definition) is 6. The van der Waals surface area contributed by atoms with Gasteiger partial charge in [0.2, 0.25) is 0 Å². The Bertz CT molecular complexity index is 8100. The van der Waals surface area contributed by atoms with E-state index in [1.807, 2.05) is 72.8 Å². The first-order valence-electron chi connectivity index (χ1n) is 42.8. The minimum Gasteiger partial charge on any atom is -0.244 e. The summed E-state index contributed by atoms with van der Waals surface area (Å²) in [6, 6.07) is 167. The zero-order chi connectivity index (χ0) is 83.6. The third kappa shape index (κ3) is 14.9. The first-order chi connectivity index (χ1) is 62.4. The van der Waals surface area contributed by atoms with Crippen LogP contribution in [0, 0.1) is 0 Å². The molecule has 0 saturated carbocycles. The van der Waals surface area contributed by atoms with Crippen LogP contribution in [0.15, 0.2) is 473 Å². The van der Waals surface area contributed by atoms with Crippen molar-refractivity contribution >= 4 is 97.7 Å². The molecule has 6 nitrogen and oxygen atoms in total. The maximum atomic E-state index is 5.27. The van der Waals surface area contributed by atoms with Crippen molar-refractivity contribution in [1.82, 2.24) is 29.9 Å². The standard InChI is InChI=1S/C46H30N2.C38H24N2.C36H24N2/c1-3-13-33(14-4-1)45-46(34-15-5-2-6-16-34)48-44-30-39(23-24-43(44)47-45)42-28-40(37-21-19-31-11-7-9-17-35(31)25-37)27-41(29-42)38-22-20-32-12-8-10-18-36(32)26-38;1-3-11-25(12-4-1)37-38(26-13-5-2-6-14-26)40-36-24-28(20-22-35(36)39-37)27-19-21-33-31-17-8-7-15-29(31)30-16-9-10-18-32(30)34(33)23-27;1-4-12-25(13-5-1)29-21-22-30(32-19-11-10-18-31(29)32)28-20-23-33-34(24-28)38-36(27-16-8-3-9-17-27)35(37-33)26-14-6-2-7-15-26/h1-30H;1-24H;1-24H. The maximum Gasteiger partial charge on any atom is 0.0973 e. The summed E-state index contributed by atoms with van der Waals surface area (Å²) in [5.41, 5.74) is 31.1. The Morgan fingerprint density at radius 1 is 0.103 bits per heavy atom. The summed E-state index contributed by atoms with van der Waals surface area (Å²) in [5, 5.41) is 15.1. The van der Waals surface area contributed by atoms with Crippen molar-refractivity contribution in [3.05, 3.63) is 473 Å². The van der Waals surface area contributed by atoms with Crippen LogP contribution >= 0.6 is 0 Å². The lowest BCUT2D eigenvalue weighted by atomic mass is 9.91. The van der Waals surface area contributed by atoms with Crippen molar-refractivity contribution in [2.75, 3.05) is 0 Å². The lowest BCUT2D eigenvalue weighted by Crippen LogP contribution is -1.96. The third-order valence-electron chi connectivity index (χ3n) is 24.1. The Morgan fingerprint density at radius 3 is 0.690 bits per heavy atom. The molecule has 3 aromatic heterocycles. The molecule has 0 atom stereocenters. The predicted molar refractivity (Wildman–Crippen MR) is 529 cm³/mol. The van der Waals surface area contributed by atoms with Crippen molar-refractivity contribution in [2.45, 2.75) is 0 Å². The molecule has 24 rings (SSSR count). The van der Waals surface area contributed by atoms with Crippen LogP contribution in [0.1, 0.15) is 0 Å². The largest absolute Gasteiger partial charge is 0.244 e. The fourth-order valence-corrected chi connectivity index (χ4v) is 17.8. The molecule has 0 spiro atoms. The van der Waals surface area contributed by atoms with Crippen LogP contribution in [0.25, 0.3) is 232 Å². The van der Waals surface area contributed by atoms with E-state index in [-0.39, 0.29) is 0 Å². The van der Waals surface area contributed by atoms with Gasteiger partial charge in [-0.15, -0.1) is 0 Å². The van der Waals surface area contributed by atoms with Crippen LogP contribution in [0.4, 0.5) is 0 Å². The summed E-state index contributed by atoms with van der Waals surface area (Å²) in [7, 11) is 0. The predicted octanol–water partition coefficient (Wildman–Crippen LogP) is 31.8. The molecule has 21 aromatic carbocycles. The van der Waals surface area contributed by atoms with Gasteiger partial charge in [0.25, 0.3) is 0 Å². The average Bonchev–Trinajstić information content (AvgIpc) is 0.743. The second-order valence-electron chi connectivity index (χ2n) is 31.9. The molecule has 126 heavy (non-hydrogen) atoms. The lowest BCUT2D eigenvalue weighted by molar-refractivity contribution is 1.29. The molecule has 588 valence electrons. The Balaban J connectivity index is 0.000000113. The first-order valence-corrected chi connectivity index (χ1v) is 42.8. The summed E-state index contributed by atoms with van der Waals surface area (Å²) in [4.78, 5) is 31.1. The van der Waals surface area contributed by atoms with E-state index in [1.165, 1.54) is 109 Å². The molecule has 0 aliphatic heterocycles. The highest BCUT2D eigenvalue weighted by Gasteiger charge is 2.21. The minimum absolute atomic E-state index is 0.870. The number of hydrogen-bond donors (Lipinski definition) is 0. The molecule has 0 bridgehead atoms. The van der Waals surface area contributed by atoms with Crippen molar-refractivity contribution in [2.24, 2.45) is 0 Å². The summed E-state index contributed by atoms with van der Waals surface area (Å²) < 4.78 is 0. The lowest BCUT2D eigenvalue weighted by Gasteiger charge is -2.14. The molecular weight excluding hydrogens is 1530 g/mol. The van der Waals surface area contributed by atoms with Crippen molar-refractivity contribution < 1.29 is 0 Å². The van der Waals surface area contributed by atoms with Gasteiger partial charge >= 0.3 is 0 Å². The van der Waals surface area contributed by atoms with E-state index in [9.17, 15) is 0 Å². The van der Waals surface area contributed by atoms with E-state index in [0.29, 0.717) is 0 Å². The highest BCUT2D eigenvalue weighted by Crippen LogP contribution is 2.44. The molecule has 0 aliphatic carbocycles. The zero-order valence-corrected chi connectivity index (χ0v) is 68.7. The van der Waals surface area contributed by atoms with Gasteiger partial charge in [0.05, 0.1) is 67.3 Å². The number of benzene rings is 21. The molecule has 0 aliphatic rings. The van der Waals surface area contributed by atoms with E-state index >= 15 is 0 Å². The van der Waals surface area contributed by atoms with Gasteiger partial charge < -0.3 is 0 Å². The molecule has 0 radical (unpaired) electrons. The normalized spacial score (nSPS) is 11.3. The molecule has 0 saturated heterocycles. The van der Waals surface area contributed by atoms with E-state index in [4.69, 9.17) is 29.9 Å². The average molecular weight is 1600 g/mol. The van der Waals surface area contributed by atoms with Gasteiger partial charge in [-0.25, -0.2) is 29.9 Å². The van der Waals surface area contributed by atoms with Crippen molar-refractivity contribution in [3.63, 3.8) is 0 Å². The Labute approximate surface area is 730 Å². The van der Waals surface area contributed by atoms with Gasteiger partial charge in [0, 0.05) is 33.4 Å². The molecule has 0 N–H and O–H groups in total. The van der Waals surface area contributed by atoms with Crippen LogP contribution in [0.2, 0.25) is 0 Å². The second kappa shape index (κ2) is 33.3. The van der Waals surface area contributed by atoms with Gasteiger partial charge in [0.1, 0.15) is 0 Å². The monoisotopic (exact) mass is 1600 g/mol. The molecule has 0 fully saturated rings. The Morgan fingerprint density at radius 2 is 0.333 bits per heavy atom. The number of aromatic nitrogens is 6. The molecule has 0 unspecified atom stereocenters. The highest BCUT2D eigenvalue weighted by atomic mass is 14.9. The second-order valence-corrected chi connectivity index (χ2v) is 31.9. The van der Waals surface area contributed by atoms with Gasteiger partial charge in [-0.1, -0.05) is 400 Å². The fraction of sp³-hybridized carbons (Fsp3) is 0. The van der Waals surface area contributed by atoms with Crippen LogP contribution in [-0.4, -0.2) is 29.9 Å². The Kier molecular flexibility index (Phi) is 19.9. The topological polar surface area (TPSA) is 77.3 Å². The minimum atomic E-state index is 0.870.